The van der Waals surface area contributed by atoms with E-state index in [1.807, 2.05) is 6.07 Å². The molecule has 0 bridgehead atoms. The van der Waals surface area contributed by atoms with Gasteiger partial charge in [0.15, 0.2) is 0 Å². The smallest absolute Gasteiger partial charge is 0.133 e. The van der Waals surface area contributed by atoms with E-state index >= 15 is 0 Å². The maximum absolute atomic E-state index is 10.2. The van der Waals surface area contributed by atoms with Crippen LogP contribution in [0.5, 0.6) is 5.75 Å². The van der Waals surface area contributed by atoms with Gasteiger partial charge in [0.1, 0.15) is 12.0 Å². The van der Waals surface area contributed by atoms with Crippen LogP contribution >= 0.6 is 0 Å². The molecule has 0 aromatic heterocycles. The summed E-state index contributed by atoms with van der Waals surface area (Å²) < 4.78 is 5.34. The molecular formula is C14H21NO2. The molecule has 0 heterocycles. The lowest BCUT2D eigenvalue weighted by atomic mass is 9.98. The highest BCUT2D eigenvalue weighted by Gasteiger charge is 2.07. The fourth-order valence-corrected chi connectivity index (χ4v) is 1.78. The summed E-state index contributed by atoms with van der Waals surface area (Å²) >= 11 is 0. The zero-order valence-electron chi connectivity index (χ0n) is 10.8. The number of ether oxygens (including phenoxy) is 1. The molecule has 0 fully saturated rings. The molecule has 0 atom stereocenters. The van der Waals surface area contributed by atoms with Crippen molar-refractivity contribution in [1.82, 2.24) is 5.32 Å². The number of nitrogens with one attached hydrogen (secondary N) is 1. The first-order valence-electron chi connectivity index (χ1n) is 6.00. The average molecular weight is 235 g/mol. The molecule has 94 valence electrons. The second-order valence-electron chi connectivity index (χ2n) is 4.35. The Kier molecular flexibility index (Phi) is 5.70. The summed E-state index contributed by atoms with van der Waals surface area (Å²) in [7, 11) is 1.70. The third-order valence-electron chi connectivity index (χ3n) is 2.73. The first-order chi connectivity index (χ1) is 8.19. The van der Waals surface area contributed by atoms with Crippen LogP contribution in [-0.4, -0.2) is 26.5 Å². The first kappa shape index (κ1) is 13.7. The van der Waals surface area contributed by atoms with Gasteiger partial charge in [-0.2, -0.15) is 0 Å². The molecule has 0 spiro atoms. The third kappa shape index (κ3) is 4.19. The number of carbonyl (C=O) groups is 1. The van der Waals surface area contributed by atoms with Gasteiger partial charge in [-0.15, -0.1) is 0 Å². The van der Waals surface area contributed by atoms with Gasteiger partial charge in [0.05, 0.1) is 13.7 Å². The van der Waals surface area contributed by atoms with Crippen LogP contribution < -0.4 is 10.1 Å². The van der Waals surface area contributed by atoms with Crippen LogP contribution in [0.4, 0.5) is 0 Å². The lowest BCUT2D eigenvalue weighted by Gasteiger charge is -2.13. The Hall–Kier alpha value is -1.35. The summed E-state index contributed by atoms with van der Waals surface area (Å²) in [5.41, 5.74) is 2.51. The highest BCUT2D eigenvalue weighted by atomic mass is 16.5. The number of hydrogen-bond donors (Lipinski definition) is 1. The van der Waals surface area contributed by atoms with Crippen molar-refractivity contribution in [3.8, 4) is 5.75 Å². The molecule has 0 aliphatic carbocycles. The summed E-state index contributed by atoms with van der Waals surface area (Å²) in [4.78, 5) is 10.2. The number of rotatable bonds is 7. The minimum Gasteiger partial charge on any atom is -0.496 e. The molecule has 0 saturated carbocycles. The lowest BCUT2D eigenvalue weighted by Crippen LogP contribution is -2.19. The van der Waals surface area contributed by atoms with Gasteiger partial charge in [0.2, 0.25) is 0 Å². The molecule has 1 aromatic rings. The molecule has 0 radical (unpaired) electrons. The summed E-state index contributed by atoms with van der Waals surface area (Å²) in [5, 5.41) is 3.06. The number of aldehydes is 1. The maximum Gasteiger partial charge on any atom is 0.133 e. The van der Waals surface area contributed by atoms with Gasteiger partial charge in [-0.25, -0.2) is 0 Å². The molecule has 0 aliphatic rings. The molecule has 1 rings (SSSR count). The molecule has 1 aromatic carbocycles. The molecule has 1 N–H and O–H groups in total. The van der Waals surface area contributed by atoms with Gasteiger partial charge >= 0.3 is 0 Å². The molecule has 17 heavy (non-hydrogen) atoms. The Morgan fingerprint density at radius 1 is 1.41 bits per heavy atom. The van der Waals surface area contributed by atoms with Crippen LogP contribution in [0, 0.1) is 0 Å². The van der Waals surface area contributed by atoms with Gasteiger partial charge in [0, 0.05) is 0 Å². The van der Waals surface area contributed by atoms with Crippen molar-refractivity contribution in [2.75, 3.05) is 20.2 Å². The first-order valence-corrected chi connectivity index (χ1v) is 6.00. The number of carbonyl (C=O) groups excluding carboxylic acids is 1. The fraction of sp³-hybridized carbons (Fsp3) is 0.500. The van der Waals surface area contributed by atoms with E-state index in [4.69, 9.17) is 4.74 Å². The molecule has 0 unspecified atom stereocenters. The Labute approximate surface area is 103 Å². The van der Waals surface area contributed by atoms with Gasteiger partial charge in [-0.1, -0.05) is 26.0 Å². The Morgan fingerprint density at radius 3 is 2.76 bits per heavy atom. The van der Waals surface area contributed by atoms with Crippen LogP contribution in [0.25, 0.3) is 0 Å². The topological polar surface area (TPSA) is 38.3 Å². The molecular weight excluding hydrogens is 214 g/mol. The SMILES string of the molecule is COc1ccc(CCNCC=O)cc1C(C)C. The van der Waals surface area contributed by atoms with Crippen LogP contribution in [0.1, 0.15) is 30.9 Å². The summed E-state index contributed by atoms with van der Waals surface area (Å²) in [6, 6.07) is 6.28. The van der Waals surface area contributed by atoms with E-state index in [-0.39, 0.29) is 0 Å². The van der Waals surface area contributed by atoms with Crippen molar-refractivity contribution < 1.29 is 9.53 Å². The van der Waals surface area contributed by atoms with Crippen molar-refractivity contribution in [3.63, 3.8) is 0 Å². The van der Waals surface area contributed by atoms with E-state index in [0.717, 1.165) is 25.0 Å². The highest BCUT2D eigenvalue weighted by Crippen LogP contribution is 2.27. The third-order valence-corrected chi connectivity index (χ3v) is 2.73. The largest absolute Gasteiger partial charge is 0.496 e. The van der Waals surface area contributed by atoms with Gasteiger partial charge in [0.25, 0.3) is 0 Å². The van der Waals surface area contributed by atoms with Crippen molar-refractivity contribution in [2.24, 2.45) is 0 Å². The molecule has 3 heteroatoms. The van der Waals surface area contributed by atoms with E-state index in [1.165, 1.54) is 11.1 Å². The summed E-state index contributed by atoms with van der Waals surface area (Å²) in [5.74, 6) is 1.40. The van der Waals surface area contributed by atoms with Crippen molar-refractivity contribution in [1.29, 1.82) is 0 Å². The second kappa shape index (κ2) is 7.07. The van der Waals surface area contributed by atoms with Gasteiger partial charge < -0.3 is 14.8 Å². The number of benzene rings is 1. The van der Waals surface area contributed by atoms with Crippen molar-refractivity contribution >= 4 is 6.29 Å². The van der Waals surface area contributed by atoms with Crippen LogP contribution in [-0.2, 0) is 11.2 Å². The Balaban J connectivity index is 2.67. The van der Waals surface area contributed by atoms with E-state index in [1.54, 1.807) is 7.11 Å². The summed E-state index contributed by atoms with van der Waals surface area (Å²) in [6.07, 6.45) is 1.81. The predicted molar refractivity (Wildman–Crippen MR) is 69.7 cm³/mol. The van der Waals surface area contributed by atoms with E-state index in [0.29, 0.717) is 12.5 Å². The number of hydrogen-bond acceptors (Lipinski definition) is 3. The normalized spacial score (nSPS) is 10.6. The van der Waals surface area contributed by atoms with Crippen LogP contribution in [0.15, 0.2) is 18.2 Å². The van der Waals surface area contributed by atoms with Crippen LogP contribution in [0.3, 0.4) is 0 Å². The fourth-order valence-electron chi connectivity index (χ4n) is 1.78. The zero-order valence-corrected chi connectivity index (χ0v) is 10.8. The quantitative estimate of drug-likeness (QED) is 0.581. The zero-order chi connectivity index (χ0) is 12.7. The monoisotopic (exact) mass is 235 g/mol. The Bertz CT molecular complexity index is 361. The van der Waals surface area contributed by atoms with Crippen molar-refractivity contribution in [3.05, 3.63) is 29.3 Å². The molecule has 3 nitrogen and oxygen atoms in total. The van der Waals surface area contributed by atoms with E-state index in [2.05, 4.69) is 31.3 Å². The van der Waals surface area contributed by atoms with E-state index in [9.17, 15) is 4.79 Å². The molecule has 0 aliphatic heterocycles. The maximum atomic E-state index is 10.2. The summed E-state index contributed by atoms with van der Waals surface area (Å²) in [6.45, 7) is 5.56. The molecule has 0 amide bonds. The van der Waals surface area contributed by atoms with Gasteiger partial charge in [-0.05, 0) is 36.1 Å². The molecule has 0 saturated heterocycles. The minimum atomic E-state index is 0.424. The minimum absolute atomic E-state index is 0.424. The Morgan fingerprint density at radius 2 is 2.18 bits per heavy atom. The second-order valence-corrected chi connectivity index (χ2v) is 4.35. The lowest BCUT2D eigenvalue weighted by molar-refractivity contribution is -0.107. The standard InChI is InChI=1S/C14H21NO2/c1-11(2)13-10-12(4-5-14(13)17-3)6-7-15-8-9-16/h4-5,9-11,15H,6-8H2,1-3H3. The highest BCUT2D eigenvalue weighted by molar-refractivity contribution is 5.51. The van der Waals surface area contributed by atoms with E-state index < -0.39 is 0 Å². The number of methoxy groups -OCH3 is 1. The van der Waals surface area contributed by atoms with Crippen molar-refractivity contribution in [2.45, 2.75) is 26.2 Å². The average Bonchev–Trinajstić information content (AvgIpc) is 2.34. The van der Waals surface area contributed by atoms with Gasteiger partial charge in [-0.3, -0.25) is 0 Å². The van der Waals surface area contributed by atoms with Crippen LogP contribution in [0.2, 0.25) is 0 Å². The predicted octanol–water partition coefficient (Wildman–Crippen LogP) is 2.15.